The number of rotatable bonds is 16. The molecule has 10 heteroatoms. The third-order valence-corrected chi connectivity index (χ3v) is 6.08. The molecule has 1 N–H and O–H groups in total. The van der Waals surface area contributed by atoms with E-state index in [0.717, 1.165) is 51.4 Å². The zero-order valence-corrected chi connectivity index (χ0v) is 23.4. The summed E-state index contributed by atoms with van der Waals surface area (Å²) < 4.78 is 42.8. The summed E-state index contributed by atoms with van der Waals surface area (Å²) in [7, 11) is -4.76. The van der Waals surface area contributed by atoms with Crippen molar-refractivity contribution in [1.82, 2.24) is 0 Å². The normalized spacial score (nSPS) is 13.9. The Morgan fingerprint density at radius 1 is 0.867 bits per heavy atom. The number of hydrogen-bond donors (Lipinski definition) is 1. The minimum absolute atomic E-state index is 0. The Balaban J connectivity index is -0.00000364. The third-order valence-electron chi connectivity index (χ3n) is 5.00. The van der Waals surface area contributed by atoms with E-state index in [-0.39, 0.29) is 78.5 Å². The van der Waals surface area contributed by atoms with Crippen LogP contribution >= 0.6 is 0 Å². The van der Waals surface area contributed by atoms with Crippen LogP contribution in [0.2, 0.25) is 0 Å². The molecule has 0 spiro atoms. The second kappa shape index (κ2) is 20.3. The number of ether oxygens (including phenoxy) is 2. The quantitative estimate of drug-likeness (QED) is 0.174. The number of esters is 2. The summed E-state index contributed by atoms with van der Waals surface area (Å²) in [6.45, 7) is 8.35. The van der Waals surface area contributed by atoms with Gasteiger partial charge in [-0.15, -0.1) is 0 Å². The second-order valence-corrected chi connectivity index (χ2v) is 8.95. The van der Waals surface area contributed by atoms with Gasteiger partial charge < -0.3 is 9.47 Å². The first kappa shape index (κ1) is 35.2. The van der Waals surface area contributed by atoms with Crippen LogP contribution in [0.15, 0.2) is 0 Å². The van der Waals surface area contributed by atoms with E-state index >= 15 is 0 Å². The molecule has 0 aliphatic heterocycles. The van der Waals surface area contributed by atoms with Crippen LogP contribution < -0.4 is 0 Å². The molecule has 0 amide bonds. The van der Waals surface area contributed by atoms with Crippen LogP contribution in [-0.4, -0.2) is 96.8 Å². The second-order valence-electron chi connectivity index (χ2n) is 7.35. The average Bonchev–Trinajstić information content (AvgIpc) is 2.65. The predicted octanol–water partition coefficient (Wildman–Crippen LogP) is 2.59. The van der Waals surface area contributed by atoms with Crippen LogP contribution in [0.5, 0.6) is 0 Å². The Bertz CT molecular complexity index is 557. The molecule has 7 nitrogen and oxygen atoms in total. The molecule has 0 heterocycles. The zero-order chi connectivity index (χ0) is 21.6. The maximum absolute atomic E-state index is 12.2. The van der Waals surface area contributed by atoms with Crippen molar-refractivity contribution in [1.29, 1.82) is 0 Å². The van der Waals surface area contributed by atoms with Crippen LogP contribution in [-0.2, 0) is 29.2 Å². The zero-order valence-electron chi connectivity index (χ0n) is 18.5. The van der Waals surface area contributed by atoms with Gasteiger partial charge in [0.15, 0.2) is 5.25 Å². The van der Waals surface area contributed by atoms with E-state index in [1.807, 2.05) is 13.8 Å². The van der Waals surface area contributed by atoms with Crippen LogP contribution in [0, 0.1) is 11.8 Å². The SMILES string of the molecule is CCCCC(CC)COC(=O)CC(C(=O)OCC(CC)CCCC)S(=O)(=O)O.[NaH].[SnH2]. The van der Waals surface area contributed by atoms with Crippen molar-refractivity contribution >= 4 is 75.5 Å². The molecular weight excluding hydrogens is 526 g/mol. The van der Waals surface area contributed by atoms with Gasteiger partial charge in [-0.1, -0.05) is 66.2 Å². The fraction of sp³-hybridized carbons (Fsp3) is 0.900. The monoisotopic (exact) mass is 568 g/mol. The van der Waals surface area contributed by atoms with Gasteiger partial charge in [-0.3, -0.25) is 14.1 Å². The van der Waals surface area contributed by atoms with Crippen LogP contribution in [0.3, 0.4) is 0 Å². The number of unbranched alkanes of at least 4 members (excludes halogenated alkanes) is 2. The Morgan fingerprint density at radius 2 is 1.30 bits per heavy atom. The van der Waals surface area contributed by atoms with E-state index in [1.165, 1.54) is 0 Å². The number of hydrogen-bond acceptors (Lipinski definition) is 6. The molecule has 0 aromatic heterocycles. The summed E-state index contributed by atoms with van der Waals surface area (Å²) in [6.07, 6.45) is 6.74. The molecule has 3 atom stereocenters. The molecule has 3 unspecified atom stereocenters. The summed E-state index contributed by atoms with van der Waals surface area (Å²) in [6, 6.07) is 0. The van der Waals surface area contributed by atoms with E-state index in [1.54, 1.807) is 0 Å². The van der Waals surface area contributed by atoms with E-state index in [4.69, 9.17) is 9.47 Å². The van der Waals surface area contributed by atoms with Crippen molar-refractivity contribution in [3.63, 3.8) is 0 Å². The van der Waals surface area contributed by atoms with Gasteiger partial charge in [0.25, 0.3) is 10.1 Å². The first-order valence-electron chi connectivity index (χ1n) is 10.5. The van der Waals surface area contributed by atoms with Gasteiger partial charge in [0.05, 0.1) is 19.6 Å². The molecule has 2 radical (unpaired) electrons. The third kappa shape index (κ3) is 16.3. The van der Waals surface area contributed by atoms with E-state index in [0.29, 0.717) is 0 Å². The van der Waals surface area contributed by atoms with Gasteiger partial charge in [-0.2, -0.15) is 8.42 Å². The van der Waals surface area contributed by atoms with Gasteiger partial charge in [0, 0.05) is 0 Å². The van der Waals surface area contributed by atoms with Gasteiger partial charge in [0.2, 0.25) is 0 Å². The summed E-state index contributed by atoms with van der Waals surface area (Å²) >= 11 is 0. The topological polar surface area (TPSA) is 107 Å². The molecule has 0 aliphatic rings. The van der Waals surface area contributed by atoms with Gasteiger partial charge >= 0.3 is 65.4 Å². The Morgan fingerprint density at radius 3 is 1.67 bits per heavy atom. The predicted molar refractivity (Wildman–Crippen MR) is 124 cm³/mol. The molecule has 0 aromatic rings. The average molecular weight is 567 g/mol. The number of carbonyl (C=O) groups is 2. The molecule has 0 bridgehead atoms. The van der Waals surface area contributed by atoms with Crippen molar-refractivity contribution in [2.45, 2.75) is 90.7 Å². The molecule has 0 aromatic carbocycles. The molecule has 0 fully saturated rings. The minimum atomic E-state index is -4.76. The van der Waals surface area contributed by atoms with Crippen molar-refractivity contribution in [3.8, 4) is 0 Å². The standard InChI is InChI=1S/C20H38O7S.Na.Sn.3H/c1-5-9-11-16(7-3)14-26-19(21)13-18(28(23,24)25)20(22)27-15-17(8-4)12-10-6-2;;;;;/h16-18H,5-15H2,1-4H3,(H,23,24,25);;;;;. The summed E-state index contributed by atoms with van der Waals surface area (Å²) in [4.78, 5) is 24.2. The molecule has 30 heavy (non-hydrogen) atoms. The van der Waals surface area contributed by atoms with Crippen LogP contribution in [0.1, 0.15) is 85.5 Å². The van der Waals surface area contributed by atoms with Gasteiger partial charge in [-0.25, -0.2) is 0 Å². The maximum atomic E-state index is 12.2. The summed E-state index contributed by atoms with van der Waals surface area (Å²) in [5.74, 6) is -1.61. The van der Waals surface area contributed by atoms with Gasteiger partial charge in [-0.05, 0) is 24.7 Å². The first-order chi connectivity index (χ1) is 13.2. The van der Waals surface area contributed by atoms with Crippen molar-refractivity contribution in [2.75, 3.05) is 13.2 Å². The molecule has 0 rings (SSSR count). The first-order valence-corrected chi connectivity index (χ1v) is 12.0. The fourth-order valence-corrected chi connectivity index (χ4v) is 3.48. The van der Waals surface area contributed by atoms with Crippen LogP contribution in [0.25, 0.3) is 0 Å². The van der Waals surface area contributed by atoms with E-state index in [2.05, 4.69) is 13.8 Å². The summed E-state index contributed by atoms with van der Waals surface area (Å²) in [5, 5.41) is -1.95. The molecule has 0 aliphatic carbocycles. The summed E-state index contributed by atoms with van der Waals surface area (Å²) in [5.41, 5.74) is 0. The van der Waals surface area contributed by atoms with Crippen molar-refractivity contribution in [3.05, 3.63) is 0 Å². The van der Waals surface area contributed by atoms with Gasteiger partial charge in [0.1, 0.15) is 0 Å². The number of carbonyl (C=O) groups excluding carboxylic acids is 2. The Hall–Kier alpha value is 0.649. The fourth-order valence-electron chi connectivity index (χ4n) is 2.82. The Kier molecular flexibility index (Phi) is 23.8. The molecule has 174 valence electrons. The molecular formula is C20H41NaO7SSn. The molecule has 0 saturated carbocycles. The van der Waals surface area contributed by atoms with E-state index < -0.39 is 33.7 Å². The van der Waals surface area contributed by atoms with Crippen molar-refractivity contribution < 1.29 is 32.0 Å². The Labute approximate surface area is 221 Å². The van der Waals surface area contributed by atoms with Crippen LogP contribution in [0.4, 0.5) is 0 Å². The molecule has 0 saturated heterocycles. The van der Waals surface area contributed by atoms with E-state index in [9.17, 15) is 22.6 Å². The van der Waals surface area contributed by atoms with Crippen molar-refractivity contribution in [2.24, 2.45) is 11.8 Å².